The van der Waals surface area contributed by atoms with Crippen LogP contribution in [0.2, 0.25) is 0 Å². The number of rotatable bonds is 2. The Balaban J connectivity index is 1.78. The molecule has 3 rings (SSSR count). The molecule has 2 N–H and O–H groups in total. The first-order valence-electron chi connectivity index (χ1n) is 5.51. The van der Waals surface area contributed by atoms with Crippen molar-refractivity contribution < 1.29 is 4.74 Å². The summed E-state index contributed by atoms with van der Waals surface area (Å²) in [7, 11) is 0. The maximum atomic E-state index is 5.41. The number of hydrogen-bond acceptors (Lipinski definition) is 4. The minimum absolute atomic E-state index is 0.363. The van der Waals surface area contributed by atoms with E-state index in [1.54, 1.807) is 12.4 Å². The molecule has 2 aromatic heterocycles. The Hall–Kier alpha value is -1.46. The van der Waals surface area contributed by atoms with Gasteiger partial charge in [0.15, 0.2) is 0 Å². The number of pyridine rings is 1. The molecule has 5 nitrogen and oxygen atoms in total. The van der Waals surface area contributed by atoms with Crippen LogP contribution in [0.15, 0.2) is 18.5 Å². The van der Waals surface area contributed by atoms with Crippen molar-refractivity contribution in [1.29, 1.82) is 0 Å². The SMILES string of the molecule is c1cc2nc(CC3COCCN3)[nH]c2cn1. The lowest BCUT2D eigenvalue weighted by Gasteiger charge is -2.22. The van der Waals surface area contributed by atoms with Crippen molar-refractivity contribution >= 4 is 11.0 Å². The molecule has 0 bridgehead atoms. The highest BCUT2D eigenvalue weighted by atomic mass is 16.5. The number of ether oxygens (including phenoxy) is 1. The second kappa shape index (κ2) is 4.19. The molecule has 0 amide bonds. The molecule has 1 atom stereocenters. The Kier molecular flexibility index (Phi) is 2.55. The van der Waals surface area contributed by atoms with E-state index in [1.807, 2.05) is 6.07 Å². The van der Waals surface area contributed by atoms with Crippen LogP contribution in [0.5, 0.6) is 0 Å². The van der Waals surface area contributed by atoms with Crippen LogP contribution in [-0.4, -0.2) is 40.8 Å². The van der Waals surface area contributed by atoms with Gasteiger partial charge in [0, 0.05) is 25.2 Å². The van der Waals surface area contributed by atoms with E-state index in [0.717, 1.165) is 43.0 Å². The molecule has 0 aromatic carbocycles. The standard InChI is InChI=1S/C11H14N4O/c1-2-12-6-10-9(1)14-11(15-10)5-8-7-16-4-3-13-8/h1-2,6,8,13H,3-5,7H2,(H,14,15). The van der Waals surface area contributed by atoms with E-state index in [1.165, 1.54) is 0 Å². The van der Waals surface area contributed by atoms with E-state index in [2.05, 4.69) is 20.3 Å². The predicted octanol–water partition coefficient (Wildman–Crippen LogP) is 0.489. The molecule has 5 heteroatoms. The third-order valence-corrected chi connectivity index (χ3v) is 2.77. The van der Waals surface area contributed by atoms with Crippen LogP contribution in [0, 0.1) is 0 Å². The van der Waals surface area contributed by atoms with Crippen molar-refractivity contribution in [2.24, 2.45) is 0 Å². The molecule has 3 heterocycles. The fourth-order valence-corrected chi connectivity index (χ4v) is 1.99. The van der Waals surface area contributed by atoms with Crippen LogP contribution < -0.4 is 5.32 Å². The summed E-state index contributed by atoms with van der Waals surface area (Å²) in [4.78, 5) is 11.9. The Morgan fingerprint density at radius 1 is 1.50 bits per heavy atom. The number of H-pyrrole nitrogens is 1. The molecule has 1 aliphatic rings. The fraction of sp³-hybridized carbons (Fsp3) is 0.455. The summed E-state index contributed by atoms with van der Waals surface area (Å²) in [5, 5.41) is 3.41. The lowest BCUT2D eigenvalue weighted by molar-refractivity contribution is 0.0765. The maximum Gasteiger partial charge on any atom is 0.108 e. The maximum absolute atomic E-state index is 5.41. The van der Waals surface area contributed by atoms with E-state index >= 15 is 0 Å². The highest BCUT2D eigenvalue weighted by molar-refractivity contribution is 5.73. The minimum Gasteiger partial charge on any atom is -0.379 e. The smallest absolute Gasteiger partial charge is 0.108 e. The molecule has 16 heavy (non-hydrogen) atoms. The summed E-state index contributed by atoms with van der Waals surface area (Å²) in [6.07, 6.45) is 4.43. The van der Waals surface area contributed by atoms with Gasteiger partial charge in [-0.3, -0.25) is 4.98 Å². The summed E-state index contributed by atoms with van der Waals surface area (Å²) in [5.41, 5.74) is 1.97. The van der Waals surface area contributed by atoms with Gasteiger partial charge in [0.05, 0.1) is 30.4 Å². The number of morpholine rings is 1. The second-order valence-electron chi connectivity index (χ2n) is 4.01. The quantitative estimate of drug-likeness (QED) is 0.770. The molecular weight excluding hydrogens is 204 g/mol. The van der Waals surface area contributed by atoms with Gasteiger partial charge in [-0.25, -0.2) is 4.98 Å². The zero-order valence-electron chi connectivity index (χ0n) is 8.94. The normalized spacial score (nSPS) is 21.4. The number of imidazole rings is 1. The summed E-state index contributed by atoms with van der Waals surface area (Å²) >= 11 is 0. The predicted molar refractivity (Wildman–Crippen MR) is 60.2 cm³/mol. The molecule has 1 saturated heterocycles. The van der Waals surface area contributed by atoms with Gasteiger partial charge in [-0.05, 0) is 6.07 Å². The largest absolute Gasteiger partial charge is 0.379 e. The van der Waals surface area contributed by atoms with Crippen molar-refractivity contribution in [1.82, 2.24) is 20.3 Å². The van der Waals surface area contributed by atoms with Gasteiger partial charge in [0.2, 0.25) is 0 Å². The van der Waals surface area contributed by atoms with Crippen molar-refractivity contribution in [2.75, 3.05) is 19.8 Å². The van der Waals surface area contributed by atoms with Gasteiger partial charge in [-0.1, -0.05) is 0 Å². The van der Waals surface area contributed by atoms with Gasteiger partial charge in [0.25, 0.3) is 0 Å². The van der Waals surface area contributed by atoms with Crippen molar-refractivity contribution in [3.8, 4) is 0 Å². The summed E-state index contributed by atoms with van der Waals surface area (Å²) in [6.45, 7) is 2.49. The number of aromatic nitrogens is 3. The molecule has 0 radical (unpaired) electrons. The minimum atomic E-state index is 0.363. The second-order valence-corrected chi connectivity index (χ2v) is 4.01. The Morgan fingerprint density at radius 2 is 2.50 bits per heavy atom. The number of hydrogen-bond donors (Lipinski definition) is 2. The van der Waals surface area contributed by atoms with Crippen molar-refractivity contribution in [3.63, 3.8) is 0 Å². The van der Waals surface area contributed by atoms with Gasteiger partial charge >= 0.3 is 0 Å². The van der Waals surface area contributed by atoms with Crippen molar-refractivity contribution in [2.45, 2.75) is 12.5 Å². The van der Waals surface area contributed by atoms with Gasteiger partial charge in [-0.2, -0.15) is 0 Å². The van der Waals surface area contributed by atoms with Crippen LogP contribution in [0.1, 0.15) is 5.82 Å². The van der Waals surface area contributed by atoms with E-state index in [-0.39, 0.29) is 0 Å². The summed E-state index contributed by atoms with van der Waals surface area (Å²) in [5.74, 6) is 0.992. The Labute approximate surface area is 93.2 Å². The molecule has 0 aliphatic carbocycles. The molecular formula is C11H14N4O. The molecule has 2 aromatic rings. The highest BCUT2D eigenvalue weighted by Gasteiger charge is 2.15. The summed E-state index contributed by atoms with van der Waals surface area (Å²) in [6, 6.07) is 2.28. The fourth-order valence-electron chi connectivity index (χ4n) is 1.99. The number of fused-ring (bicyclic) bond motifs is 1. The summed E-state index contributed by atoms with van der Waals surface area (Å²) < 4.78 is 5.41. The average molecular weight is 218 g/mol. The molecule has 1 fully saturated rings. The van der Waals surface area contributed by atoms with Crippen LogP contribution in [0.3, 0.4) is 0 Å². The van der Waals surface area contributed by atoms with Gasteiger partial charge < -0.3 is 15.0 Å². The molecule has 0 saturated carbocycles. The lowest BCUT2D eigenvalue weighted by Crippen LogP contribution is -2.42. The zero-order valence-corrected chi connectivity index (χ0v) is 8.94. The Bertz CT molecular complexity index is 443. The lowest BCUT2D eigenvalue weighted by atomic mass is 10.2. The van der Waals surface area contributed by atoms with E-state index in [0.29, 0.717) is 6.04 Å². The first-order valence-corrected chi connectivity index (χ1v) is 5.51. The molecule has 1 aliphatic heterocycles. The zero-order chi connectivity index (χ0) is 10.8. The van der Waals surface area contributed by atoms with Crippen LogP contribution in [-0.2, 0) is 11.2 Å². The van der Waals surface area contributed by atoms with E-state index < -0.39 is 0 Å². The average Bonchev–Trinajstić information content (AvgIpc) is 2.72. The van der Waals surface area contributed by atoms with Gasteiger partial charge in [-0.15, -0.1) is 0 Å². The van der Waals surface area contributed by atoms with Crippen LogP contribution >= 0.6 is 0 Å². The number of aromatic amines is 1. The first-order chi connectivity index (χ1) is 7.92. The highest BCUT2D eigenvalue weighted by Crippen LogP contribution is 2.10. The molecule has 0 spiro atoms. The third kappa shape index (κ3) is 1.91. The number of nitrogens with one attached hydrogen (secondary N) is 2. The third-order valence-electron chi connectivity index (χ3n) is 2.77. The van der Waals surface area contributed by atoms with Crippen LogP contribution in [0.4, 0.5) is 0 Å². The molecule has 84 valence electrons. The monoisotopic (exact) mass is 218 g/mol. The van der Waals surface area contributed by atoms with Crippen LogP contribution in [0.25, 0.3) is 11.0 Å². The Morgan fingerprint density at radius 3 is 3.31 bits per heavy atom. The van der Waals surface area contributed by atoms with Gasteiger partial charge in [0.1, 0.15) is 5.82 Å². The first kappa shape index (κ1) is 9.74. The van der Waals surface area contributed by atoms with E-state index in [4.69, 9.17) is 4.74 Å². The number of nitrogens with zero attached hydrogens (tertiary/aromatic N) is 2. The topological polar surface area (TPSA) is 62.8 Å². The van der Waals surface area contributed by atoms with E-state index in [9.17, 15) is 0 Å². The van der Waals surface area contributed by atoms with Crippen molar-refractivity contribution in [3.05, 3.63) is 24.3 Å². The molecule has 1 unspecified atom stereocenters.